The summed E-state index contributed by atoms with van der Waals surface area (Å²) in [5, 5.41) is 3.09. The van der Waals surface area contributed by atoms with Crippen molar-refractivity contribution >= 4 is 12.2 Å². The second-order valence-electron chi connectivity index (χ2n) is 5.32. The number of nitrogens with zero attached hydrogens (tertiary/aromatic N) is 1. The van der Waals surface area contributed by atoms with Crippen molar-refractivity contribution < 1.29 is 9.59 Å². The number of rotatable bonds is 4. The number of piperidine rings is 1. The van der Waals surface area contributed by atoms with E-state index < -0.39 is 0 Å². The molecule has 1 N–H and O–H groups in total. The van der Waals surface area contributed by atoms with Crippen LogP contribution in [0.1, 0.15) is 38.5 Å². The predicted octanol–water partition coefficient (Wildman–Crippen LogP) is 0.956. The van der Waals surface area contributed by atoms with E-state index in [-0.39, 0.29) is 11.8 Å². The Bertz CT molecular complexity index is 275. The Kier molecular flexibility index (Phi) is 4.54. The van der Waals surface area contributed by atoms with Crippen molar-refractivity contribution in [1.82, 2.24) is 10.2 Å². The molecule has 17 heavy (non-hydrogen) atoms. The third-order valence-electron chi connectivity index (χ3n) is 3.82. The highest BCUT2D eigenvalue weighted by molar-refractivity contribution is 5.78. The molecule has 4 nitrogen and oxygen atoms in total. The lowest BCUT2D eigenvalue weighted by Gasteiger charge is -2.29. The molecule has 96 valence electrons. The normalized spacial score (nSPS) is 26.9. The number of hydrogen-bond donors (Lipinski definition) is 1. The molecule has 1 aliphatic heterocycles. The van der Waals surface area contributed by atoms with Gasteiger partial charge in [-0.05, 0) is 32.2 Å². The molecule has 4 heteroatoms. The van der Waals surface area contributed by atoms with E-state index in [2.05, 4.69) is 10.2 Å². The number of amides is 1. The third kappa shape index (κ3) is 3.80. The highest BCUT2D eigenvalue weighted by atomic mass is 16.2. The van der Waals surface area contributed by atoms with Crippen molar-refractivity contribution in [2.75, 3.05) is 19.6 Å². The van der Waals surface area contributed by atoms with Crippen molar-refractivity contribution in [3.63, 3.8) is 0 Å². The minimum atomic E-state index is 0.128. The minimum absolute atomic E-state index is 0.128. The standard InChI is InChI=1S/C13H22N2O2/c16-10-11-4-3-7-15(8-11)9-13(17)14-12-5-1-2-6-12/h10-12H,1-9H2,(H,14,17). The van der Waals surface area contributed by atoms with E-state index in [0.717, 1.165) is 45.1 Å². The molecule has 0 aromatic carbocycles. The van der Waals surface area contributed by atoms with Gasteiger partial charge >= 0.3 is 0 Å². The zero-order valence-corrected chi connectivity index (χ0v) is 10.4. The first-order chi connectivity index (χ1) is 8.28. The molecule has 2 rings (SSSR count). The molecule has 1 saturated heterocycles. The maximum absolute atomic E-state index is 11.8. The van der Waals surface area contributed by atoms with Crippen molar-refractivity contribution in [2.24, 2.45) is 5.92 Å². The lowest BCUT2D eigenvalue weighted by atomic mass is 10.00. The van der Waals surface area contributed by atoms with Gasteiger partial charge in [-0.3, -0.25) is 9.69 Å². The molecular formula is C13H22N2O2. The number of likely N-dealkylation sites (tertiary alicyclic amines) is 1. The first-order valence-electron chi connectivity index (χ1n) is 6.75. The Hall–Kier alpha value is -0.900. The molecule has 1 heterocycles. The van der Waals surface area contributed by atoms with E-state index >= 15 is 0 Å². The molecule has 2 fully saturated rings. The fraction of sp³-hybridized carbons (Fsp3) is 0.846. The summed E-state index contributed by atoms with van der Waals surface area (Å²) in [6, 6.07) is 0.397. The molecule has 0 spiro atoms. The van der Waals surface area contributed by atoms with Gasteiger partial charge in [0.15, 0.2) is 0 Å². The first-order valence-corrected chi connectivity index (χ1v) is 6.75. The number of carbonyl (C=O) groups excluding carboxylic acids is 2. The van der Waals surface area contributed by atoms with Crippen LogP contribution in [0.4, 0.5) is 0 Å². The van der Waals surface area contributed by atoms with Gasteiger partial charge in [0.05, 0.1) is 6.54 Å². The van der Waals surface area contributed by atoms with E-state index in [1.54, 1.807) is 0 Å². The van der Waals surface area contributed by atoms with Crippen molar-refractivity contribution in [3.05, 3.63) is 0 Å². The summed E-state index contributed by atoms with van der Waals surface area (Å²) in [4.78, 5) is 24.7. The second-order valence-corrected chi connectivity index (χ2v) is 5.32. The van der Waals surface area contributed by atoms with Crippen LogP contribution < -0.4 is 5.32 Å². The molecular weight excluding hydrogens is 216 g/mol. The van der Waals surface area contributed by atoms with Crippen molar-refractivity contribution in [2.45, 2.75) is 44.6 Å². The summed E-state index contributed by atoms with van der Waals surface area (Å²) in [6.07, 6.45) is 7.76. The smallest absolute Gasteiger partial charge is 0.234 e. The van der Waals surface area contributed by atoms with Crippen LogP contribution in [0, 0.1) is 5.92 Å². The van der Waals surface area contributed by atoms with Crippen LogP contribution in [0.25, 0.3) is 0 Å². The number of carbonyl (C=O) groups is 2. The molecule has 2 aliphatic rings. The van der Waals surface area contributed by atoms with Crippen LogP contribution in [0.5, 0.6) is 0 Å². The fourth-order valence-electron chi connectivity index (χ4n) is 2.89. The van der Waals surface area contributed by atoms with Gasteiger partial charge in [0, 0.05) is 18.5 Å². The fourth-order valence-corrected chi connectivity index (χ4v) is 2.89. The minimum Gasteiger partial charge on any atom is -0.352 e. The second kappa shape index (κ2) is 6.15. The topological polar surface area (TPSA) is 49.4 Å². The van der Waals surface area contributed by atoms with Gasteiger partial charge in [0.2, 0.25) is 5.91 Å². The van der Waals surface area contributed by atoms with Gasteiger partial charge < -0.3 is 10.1 Å². The van der Waals surface area contributed by atoms with Gasteiger partial charge in [0.25, 0.3) is 0 Å². The maximum atomic E-state index is 11.8. The lowest BCUT2D eigenvalue weighted by Crippen LogP contribution is -2.45. The summed E-state index contributed by atoms with van der Waals surface area (Å²) in [7, 11) is 0. The van der Waals surface area contributed by atoms with E-state index in [4.69, 9.17) is 0 Å². The molecule has 0 radical (unpaired) electrons. The zero-order valence-electron chi connectivity index (χ0n) is 10.4. The van der Waals surface area contributed by atoms with Crippen LogP contribution in [-0.4, -0.2) is 42.8 Å². The highest BCUT2D eigenvalue weighted by Crippen LogP contribution is 2.18. The Morgan fingerprint density at radius 1 is 1.24 bits per heavy atom. The van der Waals surface area contributed by atoms with E-state index in [0.29, 0.717) is 12.6 Å². The molecule has 0 aromatic heterocycles. The average Bonchev–Trinajstić information content (AvgIpc) is 2.82. The molecule has 1 aliphatic carbocycles. The van der Waals surface area contributed by atoms with Gasteiger partial charge in [-0.1, -0.05) is 12.8 Å². The Balaban J connectivity index is 1.71. The van der Waals surface area contributed by atoms with Crippen molar-refractivity contribution in [3.8, 4) is 0 Å². The van der Waals surface area contributed by atoms with Crippen LogP contribution in [0.3, 0.4) is 0 Å². The van der Waals surface area contributed by atoms with E-state index in [9.17, 15) is 9.59 Å². The van der Waals surface area contributed by atoms with Crippen LogP contribution in [-0.2, 0) is 9.59 Å². The molecule has 1 atom stereocenters. The number of aldehydes is 1. The van der Waals surface area contributed by atoms with Gasteiger partial charge in [-0.25, -0.2) is 0 Å². The summed E-state index contributed by atoms with van der Waals surface area (Å²) >= 11 is 0. The summed E-state index contributed by atoms with van der Waals surface area (Å²) < 4.78 is 0. The average molecular weight is 238 g/mol. The zero-order chi connectivity index (χ0) is 12.1. The number of hydrogen-bond acceptors (Lipinski definition) is 3. The molecule has 1 unspecified atom stereocenters. The van der Waals surface area contributed by atoms with Crippen LogP contribution in [0.15, 0.2) is 0 Å². The van der Waals surface area contributed by atoms with Crippen molar-refractivity contribution in [1.29, 1.82) is 0 Å². The van der Waals surface area contributed by atoms with Gasteiger partial charge in [-0.15, -0.1) is 0 Å². The maximum Gasteiger partial charge on any atom is 0.234 e. The van der Waals surface area contributed by atoms with Crippen LogP contribution in [0.2, 0.25) is 0 Å². The van der Waals surface area contributed by atoms with Gasteiger partial charge in [0.1, 0.15) is 6.29 Å². The molecule has 1 saturated carbocycles. The third-order valence-corrected chi connectivity index (χ3v) is 3.82. The predicted molar refractivity (Wildman–Crippen MR) is 65.6 cm³/mol. The molecule has 0 aromatic rings. The number of nitrogens with one attached hydrogen (secondary N) is 1. The first kappa shape index (κ1) is 12.6. The Morgan fingerprint density at radius 2 is 2.00 bits per heavy atom. The monoisotopic (exact) mass is 238 g/mol. The van der Waals surface area contributed by atoms with E-state index in [1.807, 2.05) is 0 Å². The summed E-state index contributed by atoms with van der Waals surface area (Å²) in [6.45, 7) is 2.16. The molecule has 0 bridgehead atoms. The Labute approximate surface area is 103 Å². The lowest BCUT2D eigenvalue weighted by molar-refractivity contribution is -0.124. The summed E-state index contributed by atoms with van der Waals surface area (Å²) in [5.41, 5.74) is 0. The van der Waals surface area contributed by atoms with E-state index in [1.165, 1.54) is 12.8 Å². The molecule has 1 amide bonds. The largest absolute Gasteiger partial charge is 0.352 e. The van der Waals surface area contributed by atoms with Gasteiger partial charge in [-0.2, -0.15) is 0 Å². The SMILES string of the molecule is O=CC1CCCN(CC(=O)NC2CCCC2)C1. The van der Waals surface area contributed by atoms with Crippen LogP contribution >= 0.6 is 0 Å². The highest BCUT2D eigenvalue weighted by Gasteiger charge is 2.22. The quantitative estimate of drug-likeness (QED) is 0.742. The summed E-state index contributed by atoms with van der Waals surface area (Å²) in [5.74, 6) is 0.256. The Morgan fingerprint density at radius 3 is 2.71 bits per heavy atom.